The smallest absolute Gasteiger partial charge is 0.326 e. The van der Waals surface area contributed by atoms with E-state index in [4.69, 9.17) is 0 Å². The Morgan fingerprint density at radius 3 is 2.20 bits per heavy atom. The molecule has 2 rings (SSSR count). The molecule has 0 saturated heterocycles. The van der Waals surface area contributed by atoms with Crippen molar-refractivity contribution in [2.75, 3.05) is 0 Å². The third-order valence-corrected chi connectivity index (χ3v) is 4.22. The normalized spacial score (nSPS) is 13.1. The van der Waals surface area contributed by atoms with Gasteiger partial charge in [-0.3, -0.25) is 4.79 Å². The highest BCUT2D eigenvalue weighted by Crippen LogP contribution is 2.22. The zero-order valence-corrected chi connectivity index (χ0v) is 15.2. The maximum Gasteiger partial charge on any atom is 0.326 e. The first-order valence-corrected chi connectivity index (χ1v) is 8.46. The lowest BCUT2D eigenvalue weighted by molar-refractivity contribution is -0.141. The summed E-state index contributed by atoms with van der Waals surface area (Å²) in [6.45, 7) is 8.27. The number of carbonyl (C=O) groups is 1. The number of hydrogen-bond acceptors (Lipinski definition) is 2. The highest BCUT2D eigenvalue weighted by molar-refractivity contribution is 5.72. The molecule has 132 valence electrons. The Bertz CT molecular complexity index is 823. The third kappa shape index (κ3) is 4.69. The summed E-state index contributed by atoms with van der Waals surface area (Å²) in [6.07, 6.45) is 5.72. The first-order chi connectivity index (χ1) is 11.7. The number of carboxylic acids is 1. The zero-order chi connectivity index (χ0) is 18.6. The SMILES string of the molecule is CCC(C(=O)O)n1ccc(/C=C/c2ccc(C(C)(C)C)cc2)cc1=O. The van der Waals surface area contributed by atoms with Gasteiger partial charge in [0.25, 0.3) is 5.56 Å². The van der Waals surface area contributed by atoms with Crippen LogP contribution >= 0.6 is 0 Å². The fraction of sp³-hybridized carbons (Fsp3) is 0.333. The molecule has 1 aromatic carbocycles. The molecule has 0 saturated carbocycles. The van der Waals surface area contributed by atoms with E-state index in [1.54, 1.807) is 19.2 Å². The summed E-state index contributed by atoms with van der Waals surface area (Å²) in [5.41, 5.74) is 2.88. The van der Waals surface area contributed by atoms with E-state index in [1.165, 1.54) is 16.2 Å². The van der Waals surface area contributed by atoms with Crippen LogP contribution < -0.4 is 5.56 Å². The number of benzene rings is 1. The molecule has 1 N–H and O–H groups in total. The number of rotatable bonds is 5. The van der Waals surface area contributed by atoms with Crippen molar-refractivity contribution in [3.63, 3.8) is 0 Å². The predicted molar refractivity (Wildman–Crippen MR) is 102 cm³/mol. The van der Waals surface area contributed by atoms with Crippen LogP contribution in [0.15, 0.2) is 47.4 Å². The van der Waals surface area contributed by atoms with Crippen molar-refractivity contribution >= 4 is 18.1 Å². The maximum absolute atomic E-state index is 12.2. The van der Waals surface area contributed by atoms with Gasteiger partial charge in [0.05, 0.1) is 0 Å². The second-order valence-electron chi connectivity index (χ2n) is 7.17. The first-order valence-electron chi connectivity index (χ1n) is 8.46. The van der Waals surface area contributed by atoms with Crippen LogP contribution in [0.25, 0.3) is 12.2 Å². The van der Waals surface area contributed by atoms with Gasteiger partial charge in [-0.1, -0.05) is 64.1 Å². The molecule has 1 heterocycles. The van der Waals surface area contributed by atoms with Crippen LogP contribution in [0, 0.1) is 0 Å². The van der Waals surface area contributed by atoms with Crippen molar-refractivity contribution < 1.29 is 9.90 Å². The van der Waals surface area contributed by atoms with Crippen molar-refractivity contribution in [3.05, 3.63) is 69.6 Å². The van der Waals surface area contributed by atoms with Crippen LogP contribution in [0.2, 0.25) is 0 Å². The molecule has 0 radical (unpaired) electrons. The molecule has 0 bridgehead atoms. The molecule has 1 unspecified atom stereocenters. The second-order valence-corrected chi connectivity index (χ2v) is 7.17. The second kappa shape index (κ2) is 7.51. The van der Waals surface area contributed by atoms with Gasteiger partial charge in [-0.15, -0.1) is 0 Å². The largest absolute Gasteiger partial charge is 0.480 e. The summed E-state index contributed by atoms with van der Waals surface area (Å²) < 4.78 is 1.26. The molecule has 2 aromatic rings. The lowest BCUT2D eigenvalue weighted by atomic mass is 9.87. The molecule has 0 aliphatic heterocycles. The Labute approximate surface area is 148 Å². The zero-order valence-electron chi connectivity index (χ0n) is 15.2. The van der Waals surface area contributed by atoms with Gasteiger partial charge in [-0.2, -0.15) is 0 Å². The van der Waals surface area contributed by atoms with Gasteiger partial charge in [0, 0.05) is 12.3 Å². The number of aromatic nitrogens is 1. The van der Waals surface area contributed by atoms with E-state index in [0.717, 1.165) is 11.1 Å². The Balaban J connectivity index is 2.21. The molecule has 0 aliphatic carbocycles. The van der Waals surface area contributed by atoms with Crippen molar-refractivity contribution in [1.82, 2.24) is 4.57 Å². The predicted octanol–water partition coefficient (Wildman–Crippen LogP) is 4.35. The van der Waals surface area contributed by atoms with Crippen LogP contribution in [0.5, 0.6) is 0 Å². The lowest BCUT2D eigenvalue weighted by Gasteiger charge is -2.18. The minimum absolute atomic E-state index is 0.118. The van der Waals surface area contributed by atoms with Gasteiger partial charge < -0.3 is 9.67 Å². The first kappa shape index (κ1) is 18.7. The summed E-state index contributed by atoms with van der Waals surface area (Å²) in [5, 5.41) is 9.18. The van der Waals surface area contributed by atoms with E-state index in [1.807, 2.05) is 12.2 Å². The van der Waals surface area contributed by atoms with Crippen molar-refractivity contribution in [2.45, 2.75) is 45.6 Å². The molecule has 0 amide bonds. The standard InChI is InChI=1S/C21H25NO3/c1-5-18(20(24)25)22-13-12-16(14-19(22)23)7-6-15-8-10-17(11-9-15)21(2,3)4/h6-14,18H,5H2,1-4H3,(H,24,25)/b7-6+. The van der Waals surface area contributed by atoms with Crippen molar-refractivity contribution in [2.24, 2.45) is 0 Å². The minimum atomic E-state index is -0.994. The number of carboxylic acid groups (broad SMARTS) is 1. The molecule has 25 heavy (non-hydrogen) atoms. The number of hydrogen-bond donors (Lipinski definition) is 1. The summed E-state index contributed by atoms with van der Waals surface area (Å²) in [7, 11) is 0. The molecule has 4 heteroatoms. The van der Waals surface area contributed by atoms with E-state index in [2.05, 4.69) is 45.0 Å². The fourth-order valence-electron chi connectivity index (χ4n) is 2.64. The average molecular weight is 339 g/mol. The van der Waals surface area contributed by atoms with Crippen LogP contribution in [-0.2, 0) is 10.2 Å². The monoisotopic (exact) mass is 339 g/mol. The average Bonchev–Trinajstić information content (AvgIpc) is 2.54. The van der Waals surface area contributed by atoms with E-state index in [-0.39, 0.29) is 11.0 Å². The summed E-state index contributed by atoms with van der Waals surface area (Å²) in [5.74, 6) is -0.994. The fourth-order valence-corrected chi connectivity index (χ4v) is 2.64. The maximum atomic E-state index is 12.2. The van der Waals surface area contributed by atoms with E-state index in [9.17, 15) is 14.7 Å². The number of pyridine rings is 1. The number of nitrogens with zero attached hydrogens (tertiary/aromatic N) is 1. The van der Waals surface area contributed by atoms with Crippen LogP contribution in [0.4, 0.5) is 0 Å². The molecular formula is C21H25NO3. The Kier molecular flexibility index (Phi) is 5.62. The van der Waals surface area contributed by atoms with E-state index < -0.39 is 12.0 Å². The van der Waals surface area contributed by atoms with Crippen molar-refractivity contribution in [1.29, 1.82) is 0 Å². The highest BCUT2D eigenvalue weighted by Gasteiger charge is 2.17. The van der Waals surface area contributed by atoms with Crippen LogP contribution in [0.3, 0.4) is 0 Å². The van der Waals surface area contributed by atoms with Gasteiger partial charge in [0.15, 0.2) is 0 Å². The summed E-state index contributed by atoms with van der Waals surface area (Å²) in [4.78, 5) is 23.4. The Morgan fingerprint density at radius 1 is 1.12 bits per heavy atom. The third-order valence-electron chi connectivity index (χ3n) is 4.22. The summed E-state index contributed by atoms with van der Waals surface area (Å²) >= 11 is 0. The topological polar surface area (TPSA) is 59.3 Å². The lowest BCUT2D eigenvalue weighted by Crippen LogP contribution is -2.28. The molecule has 1 aromatic heterocycles. The molecule has 0 aliphatic rings. The van der Waals surface area contributed by atoms with Crippen molar-refractivity contribution in [3.8, 4) is 0 Å². The molecule has 0 fully saturated rings. The molecular weight excluding hydrogens is 314 g/mol. The van der Waals surface area contributed by atoms with E-state index >= 15 is 0 Å². The molecule has 0 spiro atoms. The Morgan fingerprint density at radius 2 is 1.72 bits per heavy atom. The minimum Gasteiger partial charge on any atom is -0.480 e. The Hall–Kier alpha value is -2.62. The number of aliphatic carboxylic acids is 1. The van der Waals surface area contributed by atoms with Gasteiger partial charge in [-0.05, 0) is 34.6 Å². The van der Waals surface area contributed by atoms with Gasteiger partial charge in [0.1, 0.15) is 6.04 Å². The van der Waals surface area contributed by atoms with Gasteiger partial charge >= 0.3 is 5.97 Å². The molecule has 4 nitrogen and oxygen atoms in total. The quantitative estimate of drug-likeness (QED) is 0.881. The van der Waals surface area contributed by atoms with Gasteiger partial charge in [-0.25, -0.2) is 4.79 Å². The van der Waals surface area contributed by atoms with E-state index in [0.29, 0.717) is 6.42 Å². The highest BCUT2D eigenvalue weighted by atomic mass is 16.4. The van der Waals surface area contributed by atoms with Crippen LogP contribution in [-0.4, -0.2) is 15.6 Å². The van der Waals surface area contributed by atoms with Crippen LogP contribution in [0.1, 0.15) is 56.8 Å². The molecule has 1 atom stereocenters. The van der Waals surface area contributed by atoms with Gasteiger partial charge in [0.2, 0.25) is 0 Å². The summed E-state index contributed by atoms with van der Waals surface area (Å²) in [6, 6.07) is 10.7.